The van der Waals surface area contributed by atoms with Crippen LogP contribution in [0.3, 0.4) is 0 Å². The van der Waals surface area contributed by atoms with Crippen LogP contribution in [0.1, 0.15) is 10.4 Å². The van der Waals surface area contributed by atoms with Crippen LogP contribution in [0.4, 0.5) is 5.69 Å². The molecule has 0 spiro atoms. The second kappa shape index (κ2) is 9.20. The monoisotopic (exact) mass is 438 g/mol. The van der Waals surface area contributed by atoms with E-state index < -0.39 is 0 Å². The van der Waals surface area contributed by atoms with Crippen LogP contribution in [0.15, 0.2) is 91.1 Å². The number of hydrogen-bond acceptors (Lipinski definition) is 4. The van der Waals surface area contributed by atoms with Crippen molar-refractivity contribution in [1.82, 2.24) is 14.7 Å². The van der Waals surface area contributed by atoms with E-state index in [4.69, 9.17) is 9.84 Å². The molecule has 0 saturated carbocycles. The van der Waals surface area contributed by atoms with E-state index in [9.17, 15) is 4.79 Å². The van der Waals surface area contributed by atoms with Crippen molar-refractivity contribution in [3.63, 3.8) is 0 Å². The minimum Gasteiger partial charge on any atom is -0.497 e. The van der Waals surface area contributed by atoms with Crippen LogP contribution in [0.2, 0.25) is 0 Å². The van der Waals surface area contributed by atoms with Gasteiger partial charge < -0.3 is 14.5 Å². The third-order valence-electron chi connectivity index (χ3n) is 6.00. The highest BCUT2D eigenvalue weighted by atomic mass is 16.5. The quantitative estimate of drug-likeness (QED) is 0.460. The summed E-state index contributed by atoms with van der Waals surface area (Å²) in [4.78, 5) is 17.8. The molecule has 2 heterocycles. The Morgan fingerprint density at radius 2 is 1.48 bits per heavy atom. The molecule has 1 aliphatic heterocycles. The first-order chi connectivity index (χ1) is 16.2. The van der Waals surface area contributed by atoms with E-state index in [1.54, 1.807) is 11.8 Å². The maximum atomic E-state index is 13.6. The number of benzene rings is 3. The molecule has 5 rings (SSSR count). The number of nitrogens with zero attached hydrogens (tertiary/aromatic N) is 4. The molecule has 1 saturated heterocycles. The summed E-state index contributed by atoms with van der Waals surface area (Å²) in [6, 6.07) is 27.8. The lowest BCUT2D eigenvalue weighted by Gasteiger charge is -2.36. The van der Waals surface area contributed by atoms with Gasteiger partial charge in [-0.2, -0.15) is 5.10 Å². The van der Waals surface area contributed by atoms with Crippen LogP contribution in [-0.4, -0.2) is 53.9 Å². The molecule has 1 amide bonds. The fourth-order valence-electron chi connectivity index (χ4n) is 4.20. The van der Waals surface area contributed by atoms with E-state index in [2.05, 4.69) is 11.0 Å². The molecular weight excluding hydrogens is 412 g/mol. The number of piperazine rings is 1. The van der Waals surface area contributed by atoms with Gasteiger partial charge in [0.15, 0.2) is 0 Å². The standard InChI is InChI=1S/C27H26N4O2/c1-33-24-14-8-13-23(19-24)29-15-17-30(18-16-29)27(32)25-20-31(22-11-6-3-7-12-22)28-26(25)21-9-4-2-5-10-21/h2-14,19-20H,15-18H2,1H3. The average Bonchev–Trinajstić information content (AvgIpc) is 3.35. The highest BCUT2D eigenvalue weighted by Crippen LogP contribution is 2.26. The van der Waals surface area contributed by atoms with Crippen LogP contribution >= 0.6 is 0 Å². The third-order valence-corrected chi connectivity index (χ3v) is 6.00. The number of amides is 1. The summed E-state index contributed by atoms with van der Waals surface area (Å²) in [6.07, 6.45) is 1.86. The van der Waals surface area contributed by atoms with Crippen molar-refractivity contribution in [1.29, 1.82) is 0 Å². The Morgan fingerprint density at radius 3 is 2.18 bits per heavy atom. The number of carbonyl (C=O) groups excluding carboxylic acids is 1. The van der Waals surface area contributed by atoms with Crippen molar-refractivity contribution >= 4 is 11.6 Å². The van der Waals surface area contributed by atoms with Crippen molar-refractivity contribution in [2.45, 2.75) is 0 Å². The van der Waals surface area contributed by atoms with Gasteiger partial charge in [0, 0.05) is 49.7 Å². The van der Waals surface area contributed by atoms with Gasteiger partial charge in [-0.05, 0) is 24.3 Å². The molecule has 0 N–H and O–H groups in total. The molecule has 0 atom stereocenters. The van der Waals surface area contributed by atoms with Gasteiger partial charge in [-0.3, -0.25) is 4.79 Å². The number of methoxy groups -OCH3 is 1. The van der Waals surface area contributed by atoms with Crippen molar-refractivity contribution in [2.75, 3.05) is 38.2 Å². The van der Waals surface area contributed by atoms with Gasteiger partial charge in [0.05, 0.1) is 18.4 Å². The molecular formula is C27H26N4O2. The summed E-state index contributed by atoms with van der Waals surface area (Å²) in [5.41, 5.74) is 4.31. The van der Waals surface area contributed by atoms with E-state index >= 15 is 0 Å². The first-order valence-electron chi connectivity index (χ1n) is 11.1. The summed E-state index contributed by atoms with van der Waals surface area (Å²) in [7, 11) is 1.68. The summed E-state index contributed by atoms with van der Waals surface area (Å²) in [5.74, 6) is 0.855. The Bertz CT molecular complexity index is 1230. The zero-order valence-corrected chi connectivity index (χ0v) is 18.6. The maximum absolute atomic E-state index is 13.6. The second-order valence-electron chi connectivity index (χ2n) is 8.02. The molecule has 0 radical (unpaired) electrons. The van der Waals surface area contributed by atoms with E-state index in [1.165, 1.54) is 0 Å². The molecule has 1 aliphatic rings. The predicted octanol–water partition coefficient (Wildman–Crippen LogP) is 4.51. The van der Waals surface area contributed by atoms with E-state index in [0.29, 0.717) is 24.3 Å². The minimum atomic E-state index is 0.0151. The SMILES string of the molecule is COc1cccc(N2CCN(C(=O)c3cn(-c4ccccc4)nc3-c3ccccc3)CC2)c1. The Labute approximate surface area is 193 Å². The van der Waals surface area contributed by atoms with Gasteiger partial charge in [0.25, 0.3) is 5.91 Å². The Kier molecular flexibility index (Phi) is 5.81. The summed E-state index contributed by atoms with van der Waals surface area (Å²) in [5, 5.41) is 4.79. The Balaban J connectivity index is 1.40. The molecule has 0 bridgehead atoms. The summed E-state index contributed by atoms with van der Waals surface area (Å²) in [6.45, 7) is 2.85. The summed E-state index contributed by atoms with van der Waals surface area (Å²) < 4.78 is 7.15. The minimum absolute atomic E-state index is 0.0151. The zero-order chi connectivity index (χ0) is 22.6. The predicted molar refractivity (Wildman–Crippen MR) is 130 cm³/mol. The van der Waals surface area contributed by atoms with E-state index in [1.807, 2.05) is 90.0 Å². The smallest absolute Gasteiger partial charge is 0.257 e. The van der Waals surface area contributed by atoms with E-state index in [-0.39, 0.29) is 5.91 Å². The molecule has 4 aromatic rings. The third kappa shape index (κ3) is 4.32. The van der Waals surface area contributed by atoms with Crippen LogP contribution < -0.4 is 9.64 Å². The fourth-order valence-corrected chi connectivity index (χ4v) is 4.20. The topological polar surface area (TPSA) is 50.6 Å². The first-order valence-corrected chi connectivity index (χ1v) is 11.1. The van der Waals surface area contributed by atoms with Gasteiger partial charge in [-0.1, -0.05) is 54.6 Å². The molecule has 1 fully saturated rings. The lowest BCUT2D eigenvalue weighted by Crippen LogP contribution is -2.48. The largest absolute Gasteiger partial charge is 0.497 e. The van der Waals surface area contributed by atoms with Gasteiger partial charge in [0.1, 0.15) is 11.4 Å². The van der Waals surface area contributed by atoms with Gasteiger partial charge >= 0.3 is 0 Å². The molecule has 1 aromatic heterocycles. The lowest BCUT2D eigenvalue weighted by molar-refractivity contribution is 0.0747. The number of ether oxygens (including phenoxy) is 1. The van der Waals surface area contributed by atoms with Crippen molar-refractivity contribution < 1.29 is 9.53 Å². The summed E-state index contributed by atoms with van der Waals surface area (Å²) >= 11 is 0. The molecule has 0 unspecified atom stereocenters. The van der Waals surface area contributed by atoms with Crippen LogP contribution in [0.5, 0.6) is 5.75 Å². The van der Waals surface area contributed by atoms with Crippen molar-refractivity contribution in [2.24, 2.45) is 0 Å². The second-order valence-corrected chi connectivity index (χ2v) is 8.02. The van der Waals surface area contributed by atoms with Crippen LogP contribution in [0, 0.1) is 0 Å². The van der Waals surface area contributed by atoms with Crippen molar-refractivity contribution in [3.8, 4) is 22.7 Å². The van der Waals surface area contributed by atoms with E-state index in [0.717, 1.165) is 35.8 Å². The first kappa shape index (κ1) is 20.8. The van der Waals surface area contributed by atoms with Crippen LogP contribution in [0.25, 0.3) is 16.9 Å². The number of para-hydroxylation sites is 1. The molecule has 33 heavy (non-hydrogen) atoms. The zero-order valence-electron chi connectivity index (χ0n) is 18.6. The highest BCUT2D eigenvalue weighted by molar-refractivity contribution is 6.00. The van der Waals surface area contributed by atoms with Crippen molar-refractivity contribution in [3.05, 3.63) is 96.7 Å². The average molecular weight is 439 g/mol. The van der Waals surface area contributed by atoms with Gasteiger partial charge in [-0.15, -0.1) is 0 Å². The highest BCUT2D eigenvalue weighted by Gasteiger charge is 2.27. The number of carbonyl (C=O) groups is 1. The number of aromatic nitrogens is 2. The Morgan fingerprint density at radius 1 is 0.818 bits per heavy atom. The molecule has 3 aromatic carbocycles. The number of hydrogen-bond donors (Lipinski definition) is 0. The lowest BCUT2D eigenvalue weighted by atomic mass is 10.1. The number of rotatable bonds is 5. The molecule has 6 nitrogen and oxygen atoms in total. The number of anilines is 1. The Hall–Kier alpha value is -4.06. The fraction of sp³-hybridized carbons (Fsp3) is 0.185. The molecule has 0 aliphatic carbocycles. The van der Waals surface area contributed by atoms with Gasteiger partial charge in [-0.25, -0.2) is 4.68 Å². The maximum Gasteiger partial charge on any atom is 0.257 e. The molecule has 6 heteroatoms. The van der Waals surface area contributed by atoms with Gasteiger partial charge in [0.2, 0.25) is 0 Å². The van der Waals surface area contributed by atoms with Crippen LogP contribution in [-0.2, 0) is 0 Å². The molecule has 166 valence electrons. The normalized spacial score (nSPS) is 13.7.